The van der Waals surface area contributed by atoms with Gasteiger partial charge in [0.25, 0.3) is 0 Å². The number of piperazine rings is 1. The molecule has 0 unspecified atom stereocenters. The molecule has 0 atom stereocenters. The van der Waals surface area contributed by atoms with E-state index in [1.807, 2.05) is 0 Å². The van der Waals surface area contributed by atoms with Crippen molar-refractivity contribution >= 4 is 0 Å². The summed E-state index contributed by atoms with van der Waals surface area (Å²) in [6.45, 7) is 13.1. The molecule has 0 spiro atoms. The third-order valence-electron chi connectivity index (χ3n) is 5.10. The second-order valence-corrected chi connectivity index (χ2v) is 6.81. The molecule has 0 aromatic rings. The quantitative estimate of drug-likeness (QED) is 0.792. The fourth-order valence-corrected chi connectivity index (χ4v) is 3.00. The van der Waals surface area contributed by atoms with Gasteiger partial charge in [-0.2, -0.15) is 0 Å². The van der Waals surface area contributed by atoms with Crippen molar-refractivity contribution in [3.05, 3.63) is 0 Å². The molecule has 0 bridgehead atoms. The van der Waals surface area contributed by atoms with Gasteiger partial charge in [0.2, 0.25) is 0 Å². The van der Waals surface area contributed by atoms with E-state index in [0.29, 0.717) is 11.1 Å². The number of nitrogens with zero attached hydrogens (tertiary/aromatic N) is 1. The van der Waals surface area contributed by atoms with E-state index in [4.69, 9.17) is 0 Å². The fourth-order valence-electron chi connectivity index (χ4n) is 3.00. The summed E-state index contributed by atoms with van der Waals surface area (Å²) in [5, 5.41) is 3.81. The molecule has 100 valence electrons. The highest BCUT2D eigenvalue weighted by Gasteiger charge is 2.40. The smallest absolute Gasteiger partial charge is 0.0304 e. The van der Waals surface area contributed by atoms with E-state index in [1.54, 1.807) is 0 Å². The van der Waals surface area contributed by atoms with E-state index < -0.39 is 0 Å². The van der Waals surface area contributed by atoms with Crippen molar-refractivity contribution in [2.24, 2.45) is 5.92 Å². The minimum atomic E-state index is 0.336. The van der Waals surface area contributed by atoms with Crippen LogP contribution in [0.3, 0.4) is 0 Å². The highest BCUT2D eigenvalue weighted by molar-refractivity contribution is 5.01. The molecule has 2 aliphatic rings. The van der Waals surface area contributed by atoms with Crippen LogP contribution in [0.2, 0.25) is 0 Å². The van der Waals surface area contributed by atoms with Crippen LogP contribution >= 0.6 is 0 Å². The average molecular weight is 238 g/mol. The first-order valence-corrected chi connectivity index (χ1v) is 7.51. The number of hydrogen-bond donors (Lipinski definition) is 1. The zero-order valence-electron chi connectivity index (χ0n) is 12.2. The molecule has 1 saturated heterocycles. The van der Waals surface area contributed by atoms with Gasteiger partial charge in [0.15, 0.2) is 0 Å². The Labute approximate surface area is 107 Å². The molecule has 1 saturated carbocycles. The van der Waals surface area contributed by atoms with Gasteiger partial charge in [0, 0.05) is 24.2 Å². The van der Waals surface area contributed by atoms with Crippen LogP contribution in [0.4, 0.5) is 0 Å². The third kappa shape index (κ3) is 3.03. The maximum absolute atomic E-state index is 3.81. The molecule has 2 rings (SSSR count). The van der Waals surface area contributed by atoms with E-state index >= 15 is 0 Å². The predicted molar refractivity (Wildman–Crippen MR) is 74.3 cm³/mol. The second-order valence-electron chi connectivity index (χ2n) is 6.81. The number of nitrogens with one attached hydrogen (secondary N) is 1. The van der Waals surface area contributed by atoms with Gasteiger partial charge in [-0.3, -0.25) is 4.90 Å². The Morgan fingerprint density at radius 3 is 2.35 bits per heavy atom. The molecule has 0 amide bonds. The highest BCUT2D eigenvalue weighted by Crippen LogP contribution is 2.34. The Kier molecular flexibility index (Phi) is 3.84. The summed E-state index contributed by atoms with van der Waals surface area (Å²) in [5.41, 5.74) is 0.710. The van der Waals surface area contributed by atoms with Crippen LogP contribution in [0.15, 0.2) is 0 Å². The van der Waals surface area contributed by atoms with Gasteiger partial charge in [0.05, 0.1) is 0 Å². The molecule has 17 heavy (non-hydrogen) atoms. The fraction of sp³-hybridized carbons (Fsp3) is 1.00. The van der Waals surface area contributed by atoms with E-state index in [2.05, 4.69) is 37.9 Å². The van der Waals surface area contributed by atoms with Crippen LogP contribution in [0.5, 0.6) is 0 Å². The van der Waals surface area contributed by atoms with E-state index in [9.17, 15) is 0 Å². The molecule has 1 heterocycles. The van der Waals surface area contributed by atoms with Gasteiger partial charge in [-0.1, -0.05) is 26.7 Å². The van der Waals surface area contributed by atoms with Crippen molar-refractivity contribution in [1.82, 2.24) is 10.2 Å². The van der Waals surface area contributed by atoms with Gasteiger partial charge >= 0.3 is 0 Å². The van der Waals surface area contributed by atoms with Crippen LogP contribution in [0.1, 0.15) is 59.8 Å². The lowest BCUT2D eigenvalue weighted by Crippen LogP contribution is -2.67. The Morgan fingerprint density at radius 2 is 1.82 bits per heavy atom. The molecule has 2 nitrogen and oxygen atoms in total. The SMILES string of the molecule is CCC1(CC)CN(CCC2CC2)C(C)(C)CN1. The van der Waals surface area contributed by atoms with Gasteiger partial charge in [-0.05, 0) is 45.6 Å². The lowest BCUT2D eigenvalue weighted by molar-refractivity contribution is 0.0208. The third-order valence-corrected chi connectivity index (χ3v) is 5.10. The predicted octanol–water partition coefficient (Wildman–Crippen LogP) is 3.03. The normalized spacial score (nSPS) is 28.2. The Balaban J connectivity index is 1.97. The van der Waals surface area contributed by atoms with Crippen molar-refractivity contribution in [1.29, 1.82) is 0 Å². The molecule has 0 aromatic carbocycles. The summed E-state index contributed by atoms with van der Waals surface area (Å²) in [6.07, 6.45) is 6.89. The molecule has 0 aromatic heterocycles. The minimum Gasteiger partial charge on any atom is -0.308 e. The van der Waals surface area contributed by atoms with Gasteiger partial charge in [-0.25, -0.2) is 0 Å². The maximum Gasteiger partial charge on any atom is 0.0304 e. The largest absolute Gasteiger partial charge is 0.308 e. The van der Waals surface area contributed by atoms with Gasteiger partial charge in [-0.15, -0.1) is 0 Å². The van der Waals surface area contributed by atoms with Crippen molar-refractivity contribution in [2.75, 3.05) is 19.6 Å². The molecule has 2 heteroatoms. The summed E-state index contributed by atoms with van der Waals surface area (Å²) in [6, 6.07) is 0. The van der Waals surface area contributed by atoms with E-state index in [0.717, 1.165) is 12.5 Å². The standard InChI is InChI=1S/C15H30N2/c1-5-15(6-2)12-17(10-9-13-7-8-13)14(3,4)11-16-15/h13,16H,5-12H2,1-4H3. The lowest BCUT2D eigenvalue weighted by atomic mass is 9.85. The van der Waals surface area contributed by atoms with Crippen molar-refractivity contribution in [3.63, 3.8) is 0 Å². The van der Waals surface area contributed by atoms with E-state index in [-0.39, 0.29) is 0 Å². The Hall–Kier alpha value is -0.0800. The van der Waals surface area contributed by atoms with Crippen LogP contribution in [0, 0.1) is 5.92 Å². The summed E-state index contributed by atoms with van der Waals surface area (Å²) < 4.78 is 0. The summed E-state index contributed by atoms with van der Waals surface area (Å²) >= 11 is 0. The lowest BCUT2D eigenvalue weighted by Gasteiger charge is -2.52. The molecule has 1 aliphatic carbocycles. The maximum atomic E-state index is 3.81. The molecular weight excluding hydrogens is 208 g/mol. The first kappa shape index (κ1) is 13.4. The number of hydrogen-bond acceptors (Lipinski definition) is 2. The van der Waals surface area contributed by atoms with Crippen molar-refractivity contribution in [3.8, 4) is 0 Å². The zero-order valence-corrected chi connectivity index (χ0v) is 12.2. The first-order valence-electron chi connectivity index (χ1n) is 7.51. The average Bonchev–Trinajstić information content (AvgIpc) is 3.12. The second kappa shape index (κ2) is 4.89. The van der Waals surface area contributed by atoms with Crippen molar-refractivity contribution < 1.29 is 0 Å². The zero-order chi connectivity index (χ0) is 12.5. The van der Waals surface area contributed by atoms with Crippen molar-refractivity contribution in [2.45, 2.75) is 70.9 Å². The summed E-state index contributed by atoms with van der Waals surface area (Å²) in [7, 11) is 0. The molecular formula is C15H30N2. The van der Waals surface area contributed by atoms with Crippen LogP contribution in [-0.4, -0.2) is 35.6 Å². The van der Waals surface area contributed by atoms with Crippen LogP contribution in [-0.2, 0) is 0 Å². The molecule has 1 aliphatic heterocycles. The minimum absolute atomic E-state index is 0.336. The summed E-state index contributed by atoms with van der Waals surface area (Å²) in [4.78, 5) is 2.74. The van der Waals surface area contributed by atoms with E-state index in [1.165, 1.54) is 45.2 Å². The molecule has 1 N–H and O–H groups in total. The molecule has 2 fully saturated rings. The van der Waals surface area contributed by atoms with Crippen LogP contribution in [0.25, 0.3) is 0 Å². The van der Waals surface area contributed by atoms with Gasteiger partial charge in [0.1, 0.15) is 0 Å². The monoisotopic (exact) mass is 238 g/mol. The Morgan fingerprint density at radius 1 is 1.18 bits per heavy atom. The molecule has 0 radical (unpaired) electrons. The number of rotatable bonds is 5. The summed E-state index contributed by atoms with van der Waals surface area (Å²) in [5.74, 6) is 1.05. The van der Waals surface area contributed by atoms with Crippen LogP contribution < -0.4 is 5.32 Å². The van der Waals surface area contributed by atoms with Gasteiger partial charge < -0.3 is 5.32 Å². The first-order chi connectivity index (χ1) is 8.01. The highest BCUT2D eigenvalue weighted by atomic mass is 15.3. The Bertz CT molecular complexity index is 252. The topological polar surface area (TPSA) is 15.3 Å².